The molecule has 1 fully saturated rings. The van der Waals surface area contributed by atoms with E-state index in [4.69, 9.17) is 21.1 Å². The summed E-state index contributed by atoms with van der Waals surface area (Å²) in [4.78, 5) is 2.22. The van der Waals surface area contributed by atoms with Gasteiger partial charge in [0.15, 0.2) is 0 Å². The van der Waals surface area contributed by atoms with E-state index in [2.05, 4.69) is 30.9 Å². The average Bonchev–Trinajstić information content (AvgIpc) is 2.76. The van der Waals surface area contributed by atoms with E-state index in [1.807, 2.05) is 0 Å². The summed E-state index contributed by atoms with van der Waals surface area (Å²) in [6, 6.07) is 4.47. The number of fused-ring (bicyclic) bond motifs is 1. The van der Waals surface area contributed by atoms with Crippen molar-refractivity contribution in [3.63, 3.8) is 0 Å². The largest absolute Gasteiger partial charge is 0.389 e. The Labute approximate surface area is 161 Å². The van der Waals surface area contributed by atoms with Crippen LogP contribution in [0.4, 0.5) is 0 Å². The van der Waals surface area contributed by atoms with Crippen LogP contribution in [0.15, 0.2) is 17.7 Å². The number of β-amino-alcohol motifs (C(OH)–C–C–N with tert-alkyl or cyclic N) is 1. The van der Waals surface area contributed by atoms with Gasteiger partial charge in [-0.05, 0) is 60.9 Å². The quantitative estimate of drug-likeness (QED) is 0.823. The minimum atomic E-state index is -0.476. The maximum Gasteiger partial charge on any atom is 0.0900 e. The second-order valence-electron chi connectivity index (χ2n) is 7.45. The molecule has 4 nitrogen and oxygen atoms in total. The first kappa shape index (κ1) is 19.8. The third-order valence-electron chi connectivity index (χ3n) is 5.35. The molecule has 26 heavy (non-hydrogen) atoms. The van der Waals surface area contributed by atoms with Crippen LogP contribution in [0.2, 0.25) is 0 Å². The molecule has 144 valence electrons. The fourth-order valence-corrected chi connectivity index (χ4v) is 3.99. The van der Waals surface area contributed by atoms with Crippen LogP contribution in [0.5, 0.6) is 0 Å². The van der Waals surface area contributed by atoms with Gasteiger partial charge in [-0.25, -0.2) is 0 Å². The van der Waals surface area contributed by atoms with Crippen molar-refractivity contribution in [2.45, 2.75) is 39.2 Å². The molecule has 1 atom stereocenters. The van der Waals surface area contributed by atoms with Crippen molar-refractivity contribution in [2.75, 3.05) is 46.1 Å². The zero-order chi connectivity index (χ0) is 18.5. The smallest absolute Gasteiger partial charge is 0.0900 e. The predicted octanol–water partition coefficient (Wildman–Crippen LogP) is 3.30. The first-order valence-electron chi connectivity index (χ1n) is 9.58. The van der Waals surface area contributed by atoms with Gasteiger partial charge < -0.3 is 14.6 Å². The molecule has 0 spiro atoms. The van der Waals surface area contributed by atoms with E-state index in [1.165, 1.54) is 16.7 Å². The topological polar surface area (TPSA) is 41.9 Å². The maximum atomic E-state index is 10.2. The van der Waals surface area contributed by atoms with Crippen LogP contribution in [0.25, 0.3) is 5.03 Å². The van der Waals surface area contributed by atoms with E-state index in [0.29, 0.717) is 19.8 Å². The first-order valence-corrected chi connectivity index (χ1v) is 9.96. The highest BCUT2D eigenvalue weighted by Gasteiger charge is 2.18. The Morgan fingerprint density at radius 3 is 2.69 bits per heavy atom. The standard InChI is InChI=1S/C21H30ClNO3/c1-15-10-17-4-3-5-18(21(22)20(17)11-16(15)2)13-26-14-19(24)12-23-6-8-25-9-7-23/h10-11,19,24H,3-9,12-14H2,1-2H3. The number of rotatable bonds is 6. The van der Waals surface area contributed by atoms with Crippen molar-refractivity contribution in [1.82, 2.24) is 4.90 Å². The zero-order valence-corrected chi connectivity index (χ0v) is 16.6. The van der Waals surface area contributed by atoms with Gasteiger partial charge in [-0.15, -0.1) is 0 Å². The van der Waals surface area contributed by atoms with Gasteiger partial charge in [0.1, 0.15) is 0 Å². The Morgan fingerprint density at radius 2 is 1.92 bits per heavy atom. The van der Waals surface area contributed by atoms with Gasteiger partial charge in [0.2, 0.25) is 0 Å². The van der Waals surface area contributed by atoms with Gasteiger partial charge in [0.25, 0.3) is 0 Å². The second kappa shape index (κ2) is 9.34. The average molecular weight is 380 g/mol. The zero-order valence-electron chi connectivity index (χ0n) is 15.9. The van der Waals surface area contributed by atoms with E-state index in [9.17, 15) is 5.11 Å². The highest BCUT2D eigenvalue weighted by atomic mass is 35.5. The molecule has 1 saturated heterocycles. The van der Waals surface area contributed by atoms with Crippen LogP contribution in [0.1, 0.15) is 35.1 Å². The summed E-state index contributed by atoms with van der Waals surface area (Å²) in [5.74, 6) is 0. The number of hydrogen-bond donors (Lipinski definition) is 1. The number of ether oxygens (including phenoxy) is 2. The molecule has 1 aliphatic carbocycles. The van der Waals surface area contributed by atoms with Crippen molar-refractivity contribution < 1.29 is 14.6 Å². The minimum absolute atomic E-state index is 0.338. The number of benzene rings is 1. The summed E-state index contributed by atoms with van der Waals surface area (Å²) in [6.45, 7) is 8.99. The summed E-state index contributed by atoms with van der Waals surface area (Å²) >= 11 is 6.73. The molecule has 0 amide bonds. The van der Waals surface area contributed by atoms with E-state index >= 15 is 0 Å². The highest BCUT2D eigenvalue weighted by molar-refractivity contribution is 6.49. The van der Waals surface area contributed by atoms with E-state index in [0.717, 1.165) is 61.7 Å². The number of hydrogen-bond acceptors (Lipinski definition) is 4. The van der Waals surface area contributed by atoms with Gasteiger partial charge in [0, 0.05) is 24.7 Å². The second-order valence-corrected chi connectivity index (χ2v) is 7.82. The van der Waals surface area contributed by atoms with E-state index in [-0.39, 0.29) is 0 Å². The maximum absolute atomic E-state index is 10.2. The van der Waals surface area contributed by atoms with Crippen LogP contribution in [-0.4, -0.2) is 62.2 Å². The summed E-state index contributed by atoms with van der Waals surface area (Å²) in [5.41, 5.74) is 6.22. The Hall–Kier alpha value is -0.910. The van der Waals surface area contributed by atoms with Gasteiger partial charge in [-0.2, -0.15) is 0 Å². The highest BCUT2D eigenvalue weighted by Crippen LogP contribution is 2.34. The molecule has 0 bridgehead atoms. The summed E-state index contributed by atoms with van der Waals surface area (Å²) in [6.07, 6.45) is 2.61. The third kappa shape index (κ3) is 5.08. The van der Waals surface area contributed by atoms with Crippen molar-refractivity contribution in [1.29, 1.82) is 0 Å². The van der Waals surface area contributed by atoms with Crippen LogP contribution >= 0.6 is 11.6 Å². The van der Waals surface area contributed by atoms with Gasteiger partial charge in [0.05, 0.1) is 32.5 Å². The van der Waals surface area contributed by atoms with Gasteiger partial charge in [-0.1, -0.05) is 23.7 Å². The number of morpholine rings is 1. The van der Waals surface area contributed by atoms with Crippen molar-refractivity contribution in [3.8, 4) is 0 Å². The van der Waals surface area contributed by atoms with Crippen molar-refractivity contribution >= 4 is 16.6 Å². The van der Waals surface area contributed by atoms with Crippen LogP contribution < -0.4 is 0 Å². The summed E-state index contributed by atoms with van der Waals surface area (Å²) < 4.78 is 11.2. The molecule has 1 aromatic carbocycles. The number of halogens is 1. The molecule has 0 saturated carbocycles. The van der Waals surface area contributed by atoms with Crippen LogP contribution in [-0.2, 0) is 15.9 Å². The lowest BCUT2D eigenvalue weighted by Crippen LogP contribution is -2.42. The molecular formula is C21H30ClNO3. The van der Waals surface area contributed by atoms with Crippen molar-refractivity contribution in [3.05, 3.63) is 40.0 Å². The monoisotopic (exact) mass is 379 g/mol. The number of nitrogens with zero attached hydrogens (tertiary/aromatic N) is 1. The normalized spacial score (nSPS) is 20.0. The van der Waals surface area contributed by atoms with Crippen LogP contribution in [0, 0.1) is 13.8 Å². The summed E-state index contributed by atoms with van der Waals surface area (Å²) in [5, 5.41) is 11.1. The molecule has 1 N–H and O–H groups in total. The predicted molar refractivity (Wildman–Crippen MR) is 106 cm³/mol. The van der Waals surface area contributed by atoms with E-state index < -0.39 is 6.10 Å². The van der Waals surface area contributed by atoms with Gasteiger partial charge in [-0.3, -0.25) is 4.90 Å². The minimum Gasteiger partial charge on any atom is -0.389 e. The lowest BCUT2D eigenvalue weighted by atomic mass is 9.98. The lowest BCUT2D eigenvalue weighted by molar-refractivity contribution is -0.0108. The van der Waals surface area contributed by atoms with E-state index in [1.54, 1.807) is 0 Å². The molecule has 2 aliphatic rings. The number of aryl methyl sites for hydroxylation is 3. The first-order chi connectivity index (χ1) is 12.5. The molecule has 1 aromatic rings. The molecule has 0 aromatic heterocycles. The fraction of sp³-hybridized carbons (Fsp3) is 0.619. The number of aliphatic hydroxyl groups excluding tert-OH is 1. The molecular weight excluding hydrogens is 350 g/mol. The molecule has 5 heteroatoms. The van der Waals surface area contributed by atoms with Gasteiger partial charge >= 0.3 is 0 Å². The Morgan fingerprint density at radius 1 is 1.19 bits per heavy atom. The summed E-state index contributed by atoms with van der Waals surface area (Å²) in [7, 11) is 0. The fourth-order valence-electron chi connectivity index (χ4n) is 3.67. The molecule has 0 radical (unpaired) electrons. The lowest BCUT2D eigenvalue weighted by Gasteiger charge is -2.28. The molecule has 1 aliphatic heterocycles. The van der Waals surface area contributed by atoms with Crippen LogP contribution in [0.3, 0.4) is 0 Å². The van der Waals surface area contributed by atoms with Crippen molar-refractivity contribution in [2.24, 2.45) is 0 Å². The molecule has 3 rings (SSSR count). The molecule has 1 heterocycles. The Bertz CT molecular complexity index is 653. The third-order valence-corrected chi connectivity index (χ3v) is 5.82. The molecule has 1 unspecified atom stereocenters. The number of aliphatic hydroxyl groups is 1. The Balaban J connectivity index is 1.57. The SMILES string of the molecule is Cc1cc2c(cc1C)C(Cl)=C(COCC(O)CN1CCOCC1)CCC2. The Kier molecular flexibility index (Phi) is 7.12.